The molecule has 0 aliphatic rings. The van der Waals surface area contributed by atoms with Crippen LogP contribution >= 0.6 is 0 Å². The molecule has 5 nitrogen and oxygen atoms in total. The van der Waals surface area contributed by atoms with Crippen molar-refractivity contribution < 1.29 is 9.72 Å². The van der Waals surface area contributed by atoms with Crippen LogP contribution in [0.2, 0.25) is 0 Å². The molecule has 5 heteroatoms. The van der Waals surface area contributed by atoms with Crippen molar-refractivity contribution in [1.29, 1.82) is 0 Å². The predicted octanol–water partition coefficient (Wildman–Crippen LogP) is 3.70. The fourth-order valence-electron chi connectivity index (χ4n) is 2.28. The molecule has 1 amide bonds. The molecule has 2 rings (SSSR count). The maximum atomic E-state index is 12.4. The molecule has 0 saturated heterocycles. The van der Waals surface area contributed by atoms with Gasteiger partial charge in [0.05, 0.1) is 11.0 Å². The first-order chi connectivity index (χ1) is 10.4. The van der Waals surface area contributed by atoms with Crippen LogP contribution in [0.15, 0.2) is 42.5 Å². The van der Waals surface area contributed by atoms with E-state index in [1.807, 2.05) is 38.1 Å². The standard InChI is InChI=1S/C17H18N2O3/c1-11-7-9-14(10-8-11)13(3)18-17(20)15-5-4-6-16(12(15)2)19(21)22/h4-10,13H,1-3H3,(H,18,20)/t13-/m1/s1. The van der Waals surface area contributed by atoms with E-state index >= 15 is 0 Å². The van der Waals surface area contributed by atoms with E-state index in [0.29, 0.717) is 11.1 Å². The zero-order valence-corrected chi connectivity index (χ0v) is 12.8. The molecule has 0 radical (unpaired) electrons. The van der Waals surface area contributed by atoms with Gasteiger partial charge in [0.1, 0.15) is 0 Å². The van der Waals surface area contributed by atoms with Gasteiger partial charge in [0.2, 0.25) is 0 Å². The van der Waals surface area contributed by atoms with Gasteiger partial charge in [0.25, 0.3) is 11.6 Å². The molecule has 0 aliphatic heterocycles. The third-order valence-corrected chi connectivity index (χ3v) is 3.67. The van der Waals surface area contributed by atoms with E-state index in [4.69, 9.17) is 0 Å². The molecule has 0 aromatic heterocycles. The van der Waals surface area contributed by atoms with Crippen LogP contribution < -0.4 is 5.32 Å². The third kappa shape index (κ3) is 3.31. The van der Waals surface area contributed by atoms with Gasteiger partial charge in [-0.3, -0.25) is 14.9 Å². The van der Waals surface area contributed by atoms with Crippen molar-refractivity contribution in [2.24, 2.45) is 0 Å². The van der Waals surface area contributed by atoms with Crippen LogP contribution in [0.5, 0.6) is 0 Å². The van der Waals surface area contributed by atoms with Crippen LogP contribution in [-0.2, 0) is 0 Å². The highest BCUT2D eigenvalue weighted by Crippen LogP contribution is 2.22. The van der Waals surface area contributed by atoms with Crippen molar-refractivity contribution in [1.82, 2.24) is 5.32 Å². The minimum Gasteiger partial charge on any atom is -0.346 e. The fourth-order valence-corrected chi connectivity index (χ4v) is 2.28. The number of hydrogen-bond acceptors (Lipinski definition) is 3. The molecule has 1 N–H and O–H groups in total. The summed E-state index contributed by atoms with van der Waals surface area (Å²) in [7, 11) is 0. The van der Waals surface area contributed by atoms with Crippen LogP contribution in [0.25, 0.3) is 0 Å². The minimum atomic E-state index is -0.477. The molecule has 22 heavy (non-hydrogen) atoms. The molecule has 2 aromatic rings. The van der Waals surface area contributed by atoms with E-state index in [-0.39, 0.29) is 17.6 Å². The SMILES string of the molecule is Cc1ccc([C@@H](C)NC(=O)c2cccc([N+](=O)[O-])c2C)cc1. The first-order valence-corrected chi connectivity index (χ1v) is 7.01. The summed E-state index contributed by atoms with van der Waals surface area (Å²) in [6, 6.07) is 12.2. The second-order valence-corrected chi connectivity index (χ2v) is 5.31. The van der Waals surface area contributed by atoms with Gasteiger partial charge in [-0.05, 0) is 32.4 Å². The molecule has 1 atom stereocenters. The van der Waals surface area contributed by atoms with Crippen molar-refractivity contribution in [2.45, 2.75) is 26.8 Å². The zero-order valence-electron chi connectivity index (χ0n) is 12.8. The average molecular weight is 298 g/mol. The van der Waals surface area contributed by atoms with Crippen molar-refractivity contribution in [3.8, 4) is 0 Å². The Morgan fingerprint density at radius 1 is 1.14 bits per heavy atom. The Kier molecular flexibility index (Phi) is 4.56. The highest BCUT2D eigenvalue weighted by atomic mass is 16.6. The summed E-state index contributed by atoms with van der Waals surface area (Å²) >= 11 is 0. The van der Waals surface area contributed by atoms with Gasteiger partial charge in [0, 0.05) is 17.2 Å². The number of benzene rings is 2. The Morgan fingerprint density at radius 3 is 2.36 bits per heavy atom. The molecule has 2 aromatic carbocycles. The number of nitrogens with one attached hydrogen (secondary N) is 1. The Balaban J connectivity index is 2.20. The zero-order chi connectivity index (χ0) is 16.3. The largest absolute Gasteiger partial charge is 0.346 e. The lowest BCUT2D eigenvalue weighted by molar-refractivity contribution is -0.385. The maximum absolute atomic E-state index is 12.4. The number of hydrogen-bond donors (Lipinski definition) is 1. The summed E-state index contributed by atoms with van der Waals surface area (Å²) in [5.41, 5.74) is 2.80. The molecule has 0 bridgehead atoms. The maximum Gasteiger partial charge on any atom is 0.273 e. The summed E-state index contributed by atoms with van der Waals surface area (Å²) in [6.45, 7) is 5.47. The number of nitrogens with zero attached hydrogens (tertiary/aromatic N) is 1. The van der Waals surface area contributed by atoms with Gasteiger partial charge in [-0.15, -0.1) is 0 Å². The molecule has 0 aliphatic carbocycles. The van der Waals surface area contributed by atoms with Gasteiger partial charge in [-0.2, -0.15) is 0 Å². The molecular weight excluding hydrogens is 280 g/mol. The molecule has 114 valence electrons. The van der Waals surface area contributed by atoms with E-state index < -0.39 is 4.92 Å². The highest BCUT2D eigenvalue weighted by Gasteiger charge is 2.19. The van der Waals surface area contributed by atoms with Crippen molar-refractivity contribution in [2.75, 3.05) is 0 Å². The first kappa shape index (κ1) is 15.7. The number of carbonyl (C=O) groups excluding carboxylic acids is 1. The quantitative estimate of drug-likeness (QED) is 0.691. The third-order valence-electron chi connectivity index (χ3n) is 3.67. The lowest BCUT2D eigenvalue weighted by Gasteiger charge is -2.15. The molecule has 0 fully saturated rings. The van der Waals surface area contributed by atoms with Crippen LogP contribution in [0.1, 0.15) is 40.0 Å². The fraction of sp³-hybridized carbons (Fsp3) is 0.235. The van der Waals surface area contributed by atoms with E-state index in [9.17, 15) is 14.9 Å². The lowest BCUT2D eigenvalue weighted by atomic mass is 10.0. The predicted molar refractivity (Wildman–Crippen MR) is 84.9 cm³/mol. The van der Waals surface area contributed by atoms with Gasteiger partial charge in [-0.1, -0.05) is 35.9 Å². The Hall–Kier alpha value is -2.69. The second kappa shape index (κ2) is 6.39. The molecule has 0 heterocycles. The molecule has 0 unspecified atom stereocenters. The van der Waals surface area contributed by atoms with E-state index in [2.05, 4.69) is 5.32 Å². The lowest BCUT2D eigenvalue weighted by Crippen LogP contribution is -2.27. The second-order valence-electron chi connectivity index (χ2n) is 5.31. The smallest absolute Gasteiger partial charge is 0.273 e. The van der Waals surface area contributed by atoms with Crippen LogP contribution in [0.4, 0.5) is 5.69 Å². The average Bonchev–Trinajstić information content (AvgIpc) is 2.47. The summed E-state index contributed by atoms with van der Waals surface area (Å²) in [6.07, 6.45) is 0. The summed E-state index contributed by atoms with van der Waals surface area (Å²) in [5.74, 6) is -0.311. The Labute approximate surface area is 129 Å². The van der Waals surface area contributed by atoms with Crippen molar-refractivity contribution >= 4 is 11.6 Å². The minimum absolute atomic E-state index is 0.0457. The normalized spacial score (nSPS) is 11.8. The monoisotopic (exact) mass is 298 g/mol. The van der Waals surface area contributed by atoms with Gasteiger partial charge in [-0.25, -0.2) is 0 Å². The molecule has 0 saturated carbocycles. The number of carbonyl (C=O) groups is 1. The van der Waals surface area contributed by atoms with Crippen LogP contribution in [0, 0.1) is 24.0 Å². The van der Waals surface area contributed by atoms with Gasteiger partial charge in [0.15, 0.2) is 0 Å². The highest BCUT2D eigenvalue weighted by molar-refractivity contribution is 5.96. The number of nitro groups is 1. The summed E-state index contributed by atoms with van der Waals surface area (Å²) in [4.78, 5) is 22.8. The number of nitro benzene ring substituents is 1. The van der Waals surface area contributed by atoms with Gasteiger partial charge < -0.3 is 5.32 Å². The van der Waals surface area contributed by atoms with Crippen molar-refractivity contribution in [3.63, 3.8) is 0 Å². The van der Waals surface area contributed by atoms with E-state index in [1.165, 1.54) is 12.1 Å². The van der Waals surface area contributed by atoms with Crippen molar-refractivity contribution in [3.05, 3.63) is 74.8 Å². The number of rotatable bonds is 4. The van der Waals surface area contributed by atoms with Gasteiger partial charge >= 0.3 is 0 Å². The van der Waals surface area contributed by atoms with E-state index in [1.54, 1.807) is 13.0 Å². The van der Waals surface area contributed by atoms with Crippen LogP contribution in [0.3, 0.4) is 0 Å². The Bertz CT molecular complexity index is 708. The topological polar surface area (TPSA) is 72.2 Å². The first-order valence-electron chi connectivity index (χ1n) is 7.01. The number of aryl methyl sites for hydroxylation is 1. The van der Waals surface area contributed by atoms with Crippen LogP contribution in [-0.4, -0.2) is 10.8 Å². The Morgan fingerprint density at radius 2 is 1.77 bits per heavy atom. The summed E-state index contributed by atoms with van der Waals surface area (Å²) < 4.78 is 0. The summed E-state index contributed by atoms with van der Waals surface area (Å²) in [5, 5.41) is 13.8. The number of amides is 1. The molecule has 0 spiro atoms. The molecular formula is C17H18N2O3. The van der Waals surface area contributed by atoms with E-state index in [0.717, 1.165) is 11.1 Å².